The van der Waals surface area contributed by atoms with E-state index >= 15 is 0 Å². The maximum Gasteiger partial charge on any atom is 0.173 e. The van der Waals surface area contributed by atoms with Gasteiger partial charge in [-0.15, -0.1) is 0 Å². The van der Waals surface area contributed by atoms with Crippen molar-refractivity contribution in [3.05, 3.63) is 0 Å². The highest BCUT2D eigenvalue weighted by atomic mass is 16.7. The van der Waals surface area contributed by atoms with Crippen molar-refractivity contribution < 1.29 is 25.2 Å². The molecule has 0 bridgehead atoms. The number of aliphatic hydroxyl groups is 4. The van der Waals surface area contributed by atoms with E-state index in [0.717, 1.165) is 0 Å². The van der Waals surface area contributed by atoms with Gasteiger partial charge in [0.05, 0.1) is 12.6 Å². The summed E-state index contributed by atoms with van der Waals surface area (Å²) >= 11 is 0. The first kappa shape index (κ1) is 9.85. The third kappa shape index (κ3) is 1.58. The first-order valence-corrected chi connectivity index (χ1v) is 3.64. The van der Waals surface area contributed by atoms with Crippen LogP contribution in [-0.4, -0.2) is 57.7 Å². The van der Waals surface area contributed by atoms with Gasteiger partial charge in [-0.25, -0.2) is 0 Å². The molecule has 0 amide bonds. The monoisotopic (exact) mass is 180 g/mol. The van der Waals surface area contributed by atoms with E-state index in [4.69, 9.17) is 20.7 Å². The Hall–Kier alpha value is -0.240. The van der Waals surface area contributed by atoms with Gasteiger partial charge in [0, 0.05) is 0 Å². The van der Waals surface area contributed by atoms with Crippen molar-refractivity contribution in [1.29, 1.82) is 0 Å². The van der Waals surface area contributed by atoms with E-state index in [0.29, 0.717) is 0 Å². The Morgan fingerprint density at radius 2 is 1.75 bits per heavy atom. The summed E-state index contributed by atoms with van der Waals surface area (Å²) in [5.74, 6) is 0. The molecule has 12 heavy (non-hydrogen) atoms. The number of hydrogen-bond acceptors (Lipinski definition) is 6. The van der Waals surface area contributed by atoms with Crippen LogP contribution in [0.3, 0.4) is 0 Å². The summed E-state index contributed by atoms with van der Waals surface area (Å²) in [5.41, 5.74) is 5.26. The van der Waals surface area contributed by atoms with E-state index in [2.05, 4.69) is 0 Å². The molecule has 6 nitrogen and oxygen atoms in total. The summed E-state index contributed by atoms with van der Waals surface area (Å²) in [6.07, 6.45) is -4.85. The molecule has 0 aromatic carbocycles. The minimum Gasteiger partial charge on any atom is -0.394 e. The SMILES string of the molecule is NC1C(O)C(O)C(CO)O[13CH]1O. The van der Waals surface area contributed by atoms with Gasteiger partial charge in [0.15, 0.2) is 6.29 Å². The minimum absolute atomic E-state index is 0.470. The summed E-state index contributed by atoms with van der Waals surface area (Å²) in [4.78, 5) is 0. The fourth-order valence-electron chi connectivity index (χ4n) is 1.12. The second kappa shape index (κ2) is 3.65. The molecule has 6 N–H and O–H groups in total. The van der Waals surface area contributed by atoms with Crippen LogP contribution >= 0.6 is 0 Å². The second-order valence-electron chi connectivity index (χ2n) is 2.81. The highest BCUT2D eigenvalue weighted by Crippen LogP contribution is 2.17. The highest BCUT2D eigenvalue weighted by Gasteiger charge is 2.41. The van der Waals surface area contributed by atoms with Crippen molar-refractivity contribution in [2.45, 2.75) is 30.6 Å². The lowest BCUT2D eigenvalue weighted by Crippen LogP contribution is -2.61. The van der Waals surface area contributed by atoms with E-state index in [9.17, 15) is 10.2 Å². The van der Waals surface area contributed by atoms with E-state index in [1.165, 1.54) is 0 Å². The van der Waals surface area contributed by atoms with Crippen molar-refractivity contribution >= 4 is 0 Å². The van der Waals surface area contributed by atoms with Gasteiger partial charge in [-0.2, -0.15) is 0 Å². The smallest absolute Gasteiger partial charge is 0.173 e. The van der Waals surface area contributed by atoms with Gasteiger partial charge in [0.25, 0.3) is 0 Å². The van der Waals surface area contributed by atoms with Gasteiger partial charge in [0.2, 0.25) is 0 Å². The summed E-state index contributed by atoms with van der Waals surface area (Å²) in [7, 11) is 0. The van der Waals surface area contributed by atoms with Crippen molar-refractivity contribution in [3.8, 4) is 0 Å². The lowest BCUT2D eigenvalue weighted by atomic mass is 10.0. The number of hydrogen-bond donors (Lipinski definition) is 5. The summed E-state index contributed by atoms with van der Waals surface area (Å²) in [6.45, 7) is -0.470. The number of nitrogens with two attached hydrogens (primary N) is 1. The molecule has 0 aliphatic carbocycles. The lowest BCUT2D eigenvalue weighted by Gasteiger charge is -2.38. The van der Waals surface area contributed by atoms with Crippen molar-refractivity contribution in [2.75, 3.05) is 6.61 Å². The molecule has 1 aliphatic rings. The molecular formula is C6H13NO5. The first-order valence-electron chi connectivity index (χ1n) is 3.64. The zero-order chi connectivity index (χ0) is 9.30. The van der Waals surface area contributed by atoms with Crippen LogP contribution in [0.5, 0.6) is 0 Å². The predicted molar refractivity (Wildman–Crippen MR) is 38.0 cm³/mol. The summed E-state index contributed by atoms with van der Waals surface area (Å²) in [5, 5.41) is 36.1. The molecule has 0 radical (unpaired) electrons. The van der Waals surface area contributed by atoms with Gasteiger partial charge in [-0.05, 0) is 0 Å². The van der Waals surface area contributed by atoms with Crippen LogP contribution in [0.15, 0.2) is 0 Å². The number of aliphatic hydroxyl groups excluding tert-OH is 4. The molecule has 1 aliphatic heterocycles. The van der Waals surface area contributed by atoms with Crippen LogP contribution in [0.4, 0.5) is 0 Å². The zero-order valence-corrected chi connectivity index (χ0v) is 6.37. The molecule has 72 valence electrons. The topological polar surface area (TPSA) is 116 Å². The van der Waals surface area contributed by atoms with Crippen LogP contribution < -0.4 is 5.73 Å². The Morgan fingerprint density at radius 3 is 2.25 bits per heavy atom. The largest absolute Gasteiger partial charge is 0.394 e. The highest BCUT2D eigenvalue weighted by molar-refractivity contribution is 4.90. The van der Waals surface area contributed by atoms with Crippen molar-refractivity contribution in [1.82, 2.24) is 0 Å². The molecule has 1 fully saturated rings. The quantitative estimate of drug-likeness (QED) is 0.270. The van der Waals surface area contributed by atoms with Gasteiger partial charge < -0.3 is 30.9 Å². The molecule has 1 heterocycles. The first-order chi connectivity index (χ1) is 5.57. The molecule has 5 atom stereocenters. The molecule has 1 saturated heterocycles. The van der Waals surface area contributed by atoms with E-state index in [-0.39, 0.29) is 0 Å². The third-order valence-corrected chi connectivity index (χ3v) is 1.95. The second-order valence-corrected chi connectivity index (χ2v) is 2.81. The van der Waals surface area contributed by atoms with Crippen LogP contribution in [0.1, 0.15) is 0 Å². The predicted octanol–water partition coefficient (Wildman–Crippen LogP) is -3.26. The number of rotatable bonds is 1. The van der Waals surface area contributed by atoms with Crippen LogP contribution in [-0.2, 0) is 4.74 Å². The van der Waals surface area contributed by atoms with E-state index < -0.39 is 37.3 Å². The van der Waals surface area contributed by atoms with Crippen molar-refractivity contribution in [3.63, 3.8) is 0 Å². The van der Waals surface area contributed by atoms with Crippen molar-refractivity contribution in [2.24, 2.45) is 5.73 Å². The maximum absolute atomic E-state index is 9.20. The average Bonchev–Trinajstić information content (AvgIpc) is 2.08. The minimum atomic E-state index is -1.35. The van der Waals surface area contributed by atoms with Gasteiger partial charge in [-0.1, -0.05) is 0 Å². The Bertz CT molecular complexity index is 150. The average molecular weight is 180 g/mol. The molecule has 0 saturated carbocycles. The molecule has 0 aromatic rings. The Kier molecular flexibility index (Phi) is 2.99. The Balaban J connectivity index is 2.63. The number of ether oxygens (including phenoxy) is 1. The Labute approximate surface area is 69.2 Å². The standard InChI is InChI=1S/C6H13NO5/c7-3-5(10)4(9)2(1-8)12-6(3)11/h2-6,8-11H,1,7H2/i6+1. The molecule has 1 rings (SSSR count). The molecule has 5 unspecified atom stereocenters. The fraction of sp³-hybridized carbons (Fsp3) is 1.00. The maximum atomic E-state index is 9.20. The summed E-state index contributed by atoms with van der Waals surface area (Å²) < 4.78 is 4.70. The van der Waals surface area contributed by atoms with Gasteiger partial charge >= 0.3 is 0 Å². The van der Waals surface area contributed by atoms with Gasteiger partial charge in [-0.3, -0.25) is 0 Å². The Morgan fingerprint density at radius 1 is 1.17 bits per heavy atom. The molecule has 0 spiro atoms. The fourth-order valence-corrected chi connectivity index (χ4v) is 1.12. The molecular weight excluding hydrogens is 167 g/mol. The van der Waals surface area contributed by atoms with E-state index in [1.807, 2.05) is 0 Å². The lowest BCUT2D eigenvalue weighted by molar-refractivity contribution is -0.248. The normalized spacial score (nSPS) is 49.2. The van der Waals surface area contributed by atoms with Crippen LogP contribution in [0.2, 0.25) is 0 Å². The zero-order valence-electron chi connectivity index (χ0n) is 6.37. The third-order valence-electron chi connectivity index (χ3n) is 1.95. The van der Waals surface area contributed by atoms with E-state index in [1.54, 1.807) is 0 Å². The van der Waals surface area contributed by atoms with Crippen LogP contribution in [0.25, 0.3) is 0 Å². The van der Waals surface area contributed by atoms with Gasteiger partial charge in [0.1, 0.15) is 18.3 Å². The van der Waals surface area contributed by atoms with Crippen LogP contribution in [0, 0.1) is 0 Å². The molecule has 0 aromatic heterocycles. The summed E-state index contributed by atoms with van der Waals surface area (Å²) in [6, 6.07) is -1.04. The molecule has 6 heteroatoms.